The average molecular weight is 430 g/mol. The van der Waals surface area contributed by atoms with Gasteiger partial charge in [-0.3, -0.25) is 4.79 Å². The highest BCUT2D eigenvalue weighted by Gasteiger charge is 2.35. The molecule has 1 atom stereocenters. The van der Waals surface area contributed by atoms with Crippen LogP contribution in [0, 0.1) is 6.92 Å². The summed E-state index contributed by atoms with van der Waals surface area (Å²) in [5.41, 5.74) is 2.43. The lowest BCUT2D eigenvalue weighted by atomic mass is 9.85. The van der Waals surface area contributed by atoms with Crippen molar-refractivity contribution in [1.82, 2.24) is 20.0 Å². The van der Waals surface area contributed by atoms with Crippen molar-refractivity contribution in [3.8, 4) is 23.1 Å². The quantitative estimate of drug-likeness (QED) is 0.664. The van der Waals surface area contributed by atoms with Crippen LogP contribution in [0.2, 0.25) is 5.15 Å². The molecular weight excluding hydrogens is 410 g/mol. The standard InChI is InChI=1S/C20H20ClN5O4/c1-10-17-12(11-5-6-13(28-2)19(30-4)18(11)29-3)9-16(27)22-20(17)26(25-10)15-8-7-14(21)23-24-15/h5-8,12H,9H2,1-4H3,(H,22,27). The molecule has 9 nitrogen and oxygen atoms in total. The van der Waals surface area contributed by atoms with E-state index in [-0.39, 0.29) is 23.4 Å². The van der Waals surface area contributed by atoms with Crippen LogP contribution in [0.5, 0.6) is 17.2 Å². The molecule has 0 bridgehead atoms. The summed E-state index contributed by atoms with van der Waals surface area (Å²) in [6.45, 7) is 1.89. The highest BCUT2D eigenvalue weighted by atomic mass is 35.5. The molecule has 3 heterocycles. The van der Waals surface area contributed by atoms with Crippen LogP contribution in [0.3, 0.4) is 0 Å². The third kappa shape index (κ3) is 3.21. The van der Waals surface area contributed by atoms with Crippen LogP contribution >= 0.6 is 11.6 Å². The monoisotopic (exact) mass is 429 g/mol. The van der Waals surface area contributed by atoms with Crippen molar-refractivity contribution >= 4 is 23.3 Å². The first-order chi connectivity index (χ1) is 14.5. The van der Waals surface area contributed by atoms with Crippen LogP contribution in [0.15, 0.2) is 24.3 Å². The molecule has 1 aromatic carbocycles. The first kappa shape index (κ1) is 20.0. The topological polar surface area (TPSA) is 100 Å². The van der Waals surface area contributed by atoms with Gasteiger partial charge >= 0.3 is 0 Å². The van der Waals surface area contributed by atoms with Gasteiger partial charge in [-0.15, -0.1) is 10.2 Å². The number of carbonyl (C=O) groups excluding carboxylic acids is 1. The molecule has 0 spiro atoms. The van der Waals surface area contributed by atoms with Gasteiger partial charge < -0.3 is 19.5 Å². The predicted molar refractivity (Wildman–Crippen MR) is 110 cm³/mol. The molecule has 0 radical (unpaired) electrons. The van der Waals surface area contributed by atoms with Crippen LogP contribution in [0.25, 0.3) is 5.82 Å². The van der Waals surface area contributed by atoms with E-state index in [4.69, 9.17) is 25.8 Å². The zero-order valence-corrected chi connectivity index (χ0v) is 17.6. The van der Waals surface area contributed by atoms with Gasteiger partial charge in [0.2, 0.25) is 11.7 Å². The zero-order chi connectivity index (χ0) is 21.4. The Morgan fingerprint density at radius 3 is 2.47 bits per heavy atom. The van der Waals surface area contributed by atoms with E-state index in [2.05, 4.69) is 20.6 Å². The highest BCUT2D eigenvalue weighted by Crippen LogP contribution is 2.48. The lowest BCUT2D eigenvalue weighted by molar-refractivity contribution is -0.116. The maximum Gasteiger partial charge on any atom is 0.226 e. The number of nitrogens with one attached hydrogen (secondary N) is 1. The third-order valence-corrected chi connectivity index (χ3v) is 5.25. The fourth-order valence-corrected chi connectivity index (χ4v) is 3.90. The lowest BCUT2D eigenvalue weighted by Crippen LogP contribution is -2.25. The minimum atomic E-state index is -0.294. The van der Waals surface area contributed by atoms with Gasteiger partial charge in [0.05, 0.1) is 27.0 Å². The van der Waals surface area contributed by atoms with Crippen LogP contribution in [0.4, 0.5) is 5.82 Å². The number of benzene rings is 1. The maximum atomic E-state index is 12.6. The van der Waals surface area contributed by atoms with E-state index in [1.165, 1.54) is 0 Å². The molecule has 156 valence electrons. The molecule has 1 aliphatic rings. The molecule has 30 heavy (non-hydrogen) atoms. The number of ether oxygens (including phenoxy) is 3. The highest BCUT2D eigenvalue weighted by molar-refractivity contribution is 6.29. The van der Waals surface area contributed by atoms with Gasteiger partial charge in [-0.1, -0.05) is 17.7 Å². The summed E-state index contributed by atoms with van der Waals surface area (Å²) in [4.78, 5) is 12.6. The van der Waals surface area contributed by atoms with E-state index < -0.39 is 0 Å². The van der Waals surface area contributed by atoms with E-state index >= 15 is 0 Å². The van der Waals surface area contributed by atoms with Crippen molar-refractivity contribution in [3.63, 3.8) is 0 Å². The van der Waals surface area contributed by atoms with Gasteiger partial charge in [-0.05, 0) is 25.1 Å². The van der Waals surface area contributed by atoms with Crippen molar-refractivity contribution in [3.05, 3.63) is 46.2 Å². The Labute approximate surface area is 177 Å². The maximum absolute atomic E-state index is 12.6. The van der Waals surface area contributed by atoms with E-state index in [9.17, 15) is 4.79 Å². The van der Waals surface area contributed by atoms with Crippen molar-refractivity contribution in [2.45, 2.75) is 19.3 Å². The Balaban J connectivity index is 1.90. The normalized spacial score (nSPS) is 15.4. The minimum Gasteiger partial charge on any atom is -0.493 e. The number of nitrogens with zero attached hydrogens (tertiary/aromatic N) is 4. The molecule has 1 aliphatic heterocycles. The fraction of sp³-hybridized carbons (Fsp3) is 0.300. The van der Waals surface area contributed by atoms with Gasteiger partial charge in [0.1, 0.15) is 5.82 Å². The van der Waals surface area contributed by atoms with Gasteiger partial charge in [0, 0.05) is 23.5 Å². The fourth-order valence-electron chi connectivity index (χ4n) is 3.80. The molecule has 0 saturated heterocycles. The zero-order valence-electron chi connectivity index (χ0n) is 16.9. The second kappa shape index (κ2) is 7.83. The molecule has 4 rings (SSSR count). The van der Waals surface area contributed by atoms with Crippen LogP contribution in [-0.4, -0.2) is 47.2 Å². The number of methoxy groups -OCH3 is 3. The van der Waals surface area contributed by atoms with Crippen molar-refractivity contribution < 1.29 is 19.0 Å². The Kier molecular flexibility index (Phi) is 5.21. The first-order valence-corrected chi connectivity index (χ1v) is 9.54. The summed E-state index contributed by atoms with van der Waals surface area (Å²) >= 11 is 5.85. The lowest BCUT2D eigenvalue weighted by Gasteiger charge is -2.26. The summed E-state index contributed by atoms with van der Waals surface area (Å²) in [5.74, 6) is 2.08. The summed E-state index contributed by atoms with van der Waals surface area (Å²) in [5, 5.41) is 15.7. The van der Waals surface area contributed by atoms with Crippen molar-refractivity contribution in [2.24, 2.45) is 0 Å². The smallest absolute Gasteiger partial charge is 0.226 e. The molecule has 3 aromatic rings. The van der Waals surface area contributed by atoms with E-state index in [1.807, 2.05) is 13.0 Å². The van der Waals surface area contributed by atoms with Gasteiger partial charge in [-0.2, -0.15) is 9.78 Å². The Bertz CT molecular complexity index is 1110. The van der Waals surface area contributed by atoms with Gasteiger partial charge in [0.25, 0.3) is 0 Å². The number of amides is 1. The number of anilines is 1. The summed E-state index contributed by atoms with van der Waals surface area (Å²) in [6, 6.07) is 6.99. The van der Waals surface area contributed by atoms with Crippen LogP contribution in [-0.2, 0) is 4.79 Å². The third-order valence-electron chi connectivity index (χ3n) is 5.05. The number of fused-ring (bicyclic) bond motifs is 1. The molecule has 0 aliphatic carbocycles. The van der Waals surface area contributed by atoms with Gasteiger partial charge in [-0.25, -0.2) is 0 Å². The first-order valence-electron chi connectivity index (χ1n) is 9.16. The van der Waals surface area contributed by atoms with E-state index in [0.29, 0.717) is 28.9 Å². The second-order valence-corrected chi connectivity index (χ2v) is 7.09. The minimum absolute atomic E-state index is 0.146. The SMILES string of the molecule is COc1ccc(C2CC(=O)Nc3c2c(C)nn3-c2ccc(Cl)nn2)c(OC)c1OC. The molecule has 2 aromatic heterocycles. The van der Waals surface area contributed by atoms with E-state index in [0.717, 1.165) is 16.8 Å². The largest absolute Gasteiger partial charge is 0.493 e. The Morgan fingerprint density at radius 2 is 1.83 bits per heavy atom. The number of hydrogen-bond acceptors (Lipinski definition) is 7. The second-order valence-electron chi connectivity index (χ2n) is 6.70. The van der Waals surface area contributed by atoms with Gasteiger partial charge in [0.15, 0.2) is 22.5 Å². The Hall–Kier alpha value is -3.33. The summed E-state index contributed by atoms with van der Waals surface area (Å²) in [7, 11) is 4.67. The Morgan fingerprint density at radius 1 is 1.07 bits per heavy atom. The summed E-state index contributed by atoms with van der Waals surface area (Å²) < 4.78 is 18.1. The van der Waals surface area contributed by atoms with Crippen molar-refractivity contribution in [2.75, 3.05) is 26.6 Å². The number of rotatable bonds is 5. The van der Waals surface area contributed by atoms with Crippen LogP contribution < -0.4 is 19.5 Å². The van der Waals surface area contributed by atoms with Crippen LogP contribution in [0.1, 0.15) is 29.2 Å². The number of aryl methyl sites for hydroxylation is 1. The predicted octanol–water partition coefficient (Wildman–Crippen LogP) is 3.12. The average Bonchev–Trinajstić information content (AvgIpc) is 3.08. The molecule has 0 fully saturated rings. The number of halogens is 1. The molecule has 1 amide bonds. The molecule has 1 unspecified atom stereocenters. The summed E-state index contributed by atoms with van der Waals surface area (Å²) in [6.07, 6.45) is 0.234. The van der Waals surface area contributed by atoms with E-state index in [1.54, 1.807) is 44.2 Å². The molecular formula is C20H20ClN5O4. The number of carbonyl (C=O) groups is 1. The molecule has 10 heteroatoms. The molecule has 0 saturated carbocycles. The van der Waals surface area contributed by atoms with Crippen molar-refractivity contribution in [1.29, 1.82) is 0 Å². The molecule has 1 N–H and O–H groups in total. The number of hydrogen-bond donors (Lipinski definition) is 1. The number of aromatic nitrogens is 4.